The van der Waals surface area contributed by atoms with Crippen molar-refractivity contribution in [2.24, 2.45) is 11.7 Å². The highest BCUT2D eigenvalue weighted by Gasteiger charge is 2.34. The maximum absolute atomic E-state index is 15.3. The molecule has 0 bridgehead atoms. The van der Waals surface area contributed by atoms with E-state index in [9.17, 15) is 5.11 Å². The number of aliphatic hydroxyl groups is 1. The van der Waals surface area contributed by atoms with Crippen molar-refractivity contribution in [1.29, 1.82) is 0 Å². The van der Waals surface area contributed by atoms with Gasteiger partial charge in [0, 0.05) is 25.5 Å². The zero-order valence-electron chi connectivity index (χ0n) is 21.7. The van der Waals surface area contributed by atoms with Crippen LogP contribution in [0.2, 0.25) is 0 Å². The summed E-state index contributed by atoms with van der Waals surface area (Å²) in [5, 5.41) is 18.2. The molecule has 1 aliphatic heterocycles. The fourth-order valence-electron chi connectivity index (χ4n) is 6.02. The highest BCUT2D eigenvalue weighted by molar-refractivity contribution is 5.66. The van der Waals surface area contributed by atoms with Gasteiger partial charge in [-0.3, -0.25) is 4.98 Å². The van der Waals surface area contributed by atoms with Crippen LogP contribution in [0.15, 0.2) is 48.9 Å². The zero-order valence-corrected chi connectivity index (χ0v) is 21.7. The number of aromatic nitrogens is 4. The number of aliphatic hydroxyl groups excluding tert-OH is 1. The lowest BCUT2D eigenvalue weighted by Gasteiger charge is -2.36. The van der Waals surface area contributed by atoms with Crippen molar-refractivity contribution in [2.75, 3.05) is 18.5 Å². The van der Waals surface area contributed by atoms with Gasteiger partial charge in [0.2, 0.25) is 5.95 Å². The van der Waals surface area contributed by atoms with E-state index in [1.54, 1.807) is 30.7 Å². The number of fused-ring (bicyclic) bond motifs is 1. The van der Waals surface area contributed by atoms with Gasteiger partial charge < -0.3 is 20.9 Å². The van der Waals surface area contributed by atoms with E-state index in [4.69, 9.17) is 10.5 Å². The summed E-state index contributed by atoms with van der Waals surface area (Å²) in [6.07, 6.45) is 7.51. The summed E-state index contributed by atoms with van der Waals surface area (Å²) >= 11 is 0. The molecule has 1 saturated carbocycles. The fraction of sp³-hybridized carbons (Fsp3) is 0.414. The highest BCUT2D eigenvalue weighted by atomic mass is 19.1. The van der Waals surface area contributed by atoms with Crippen molar-refractivity contribution in [3.8, 4) is 11.3 Å². The van der Waals surface area contributed by atoms with E-state index in [0.717, 1.165) is 30.5 Å². The molecule has 0 amide bonds. The lowest BCUT2D eigenvalue weighted by molar-refractivity contribution is 0.0521. The van der Waals surface area contributed by atoms with Crippen LogP contribution in [0.25, 0.3) is 16.8 Å². The highest BCUT2D eigenvalue weighted by Crippen LogP contribution is 2.39. The predicted octanol–water partition coefficient (Wildman–Crippen LogP) is 4.91. The molecule has 0 spiro atoms. The lowest BCUT2D eigenvalue weighted by Crippen LogP contribution is -2.44. The number of pyridine rings is 1. The molecule has 1 saturated heterocycles. The van der Waals surface area contributed by atoms with Crippen LogP contribution >= 0.6 is 0 Å². The van der Waals surface area contributed by atoms with Crippen molar-refractivity contribution in [3.63, 3.8) is 0 Å². The number of nitrogens with one attached hydrogen (secondary N) is 1. The normalized spacial score (nSPS) is 24.2. The van der Waals surface area contributed by atoms with Gasteiger partial charge in [0.05, 0.1) is 41.0 Å². The molecule has 10 heteroatoms. The monoisotopic (exact) mass is 534 g/mol. The Balaban J connectivity index is 1.32. The number of halogens is 2. The van der Waals surface area contributed by atoms with Crippen molar-refractivity contribution in [2.45, 2.75) is 56.6 Å². The van der Waals surface area contributed by atoms with E-state index >= 15 is 8.78 Å². The lowest BCUT2D eigenvalue weighted by atomic mass is 9.74. The van der Waals surface area contributed by atoms with Gasteiger partial charge in [-0.15, -0.1) is 0 Å². The Morgan fingerprint density at radius 2 is 1.82 bits per heavy atom. The van der Waals surface area contributed by atoms with Crippen molar-refractivity contribution in [1.82, 2.24) is 19.6 Å². The Morgan fingerprint density at radius 1 is 1.05 bits per heavy atom. The van der Waals surface area contributed by atoms with Crippen LogP contribution in [0.4, 0.5) is 20.4 Å². The SMILES string of the molecule is CC1CC(c2ccncc2Nc2ncc3ccc(-c4c(F)cc(C5CCOCC5)cc4F)nn23)CC(N)C1O. The third-order valence-corrected chi connectivity index (χ3v) is 8.17. The first-order valence-corrected chi connectivity index (χ1v) is 13.5. The van der Waals surface area contributed by atoms with Crippen LogP contribution in [0.5, 0.6) is 0 Å². The molecule has 2 fully saturated rings. The number of nitrogens with zero attached hydrogens (tertiary/aromatic N) is 4. The minimum Gasteiger partial charge on any atom is -0.391 e. The molecule has 2 aliphatic rings. The minimum atomic E-state index is -0.641. The Hall–Kier alpha value is -3.47. The third-order valence-electron chi connectivity index (χ3n) is 8.17. The van der Waals surface area contributed by atoms with Crippen LogP contribution in [0.3, 0.4) is 0 Å². The molecular weight excluding hydrogens is 502 g/mol. The number of rotatable bonds is 5. The predicted molar refractivity (Wildman–Crippen MR) is 144 cm³/mol. The second-order valence-electron chi connectivity index (χ2n) is 10.8. The van der Waals surface area contributed by atoms with Crippen molar-refractivity contribution in [3.05, 3.63) is 71.7 Å². The summed E-state index contributed by atoms with van der Waals surface area (Å²) in [6.45, 7) is 3.20. The Morgan fingerprint density at radius 3 is 2.56 bits per heavy atom. The summed E-state index contributed by atoms with van der Waals surface area (Å²) in [7, 11) is 0. The standard InChI is InChI=1S/C29H32F2N6O2/c1-16-10-19(13-24(32)28(16)38)21-4-7-33-15-26(21)35-29-34-14-20-2-3-25(36-37(20)29)27-22(30)11-18(12-23(27)31)17-5-8-39-9-6-17/h2-4,7,11-12,14-17,19,24,28,38H,5-6,8-10,13,32H2,1H3,(H,34,35). The van der Waals surface area contributed by atoms with E-state index < -0.39 is 17.7 Å². The van der Waals surface area contributed by atoms with E-state index in [-0.39, 0.29) is 35.1 Å². The quantitative estimate of drug-likeness (QED) is 0.334. The summed E-state index contributed by atoms with van der Waals surface area (Å²) < 4.78 is 37.5. The number of benzene rings is 1. The first kappa shape index (κ1) is 25.8. The van der Waals surface area contributed by atoms with Crippen LogP contribution in [0, 0.1) is 17.6 Å². The molecule has 3 aromatic heterocycles. The molecule has 1 aliphatic carbocycles. The summed E-state index contributed by atoms with van der Waals surface area (Å²) in [6, 6.07) is 7.81. The first-order chi connectivity index (χ1) is 18.9. The number of ether oxygens (including phenoxy) is 1. The minimum absolute atomic E-state index is 0.0684. The summed E-state index contributed by atoms with van der Waals surface area (Å²) in [5.74, 6) is -0.603. The number of anilines is 2. The molecule has 6 rings (SSSR count). The van der Waals surface area contributed by atoms with Crippen LogP contribution in [-0.4, -0.2) is 50.0 Å². The van der Waals surface area contributed by atoms with Gasteiger partial charge in [-0.05, 0) is 84.9 Å². The number of hydrogen-bond donors (Lipinski definition) is 3. The Labute approximate surface area is 225 Å². The molecule has 4 atom stereocenters. The van der Waals surface area contributed by atoms with Crippen LogP contribution < -0.4 is 11.1 Å². The maximum atomic E-state index is 15.3. The second-order valence-corrected chi connectivity index (χ2v) is 10.8. The largest absolute Gasteiger partial charge is 0.391 e. The first-order valence-electron chi connectivity index (χ1n) is 13.5. The van der Waals surface area contributed by atoms with E-state index in [1.165, 1.54) is 16.6 Å². The molecule has 39 heavy (non-hydrogen) atoms. The maximum Gasteiger partial charge on any atom is 0.229 e. The molecular formula is C29H32F2N6O2. The number of hydrogen-bond acceptors (Lipinski definition) is 7. The van der Waals surface area contributed by atoms with E-state index in [0.29, 0.717) is 36.7 Å². The molecule has 1 aromatic carbocycles. The summed E-state index contributed by atoms with van der Waals surface area (Å²) in [4.78, 5) is 8.75. The Bertz CT molecular complexity index is 1450. The topological polar surface area (TPSA) is 111 Å². The smallest absolute Gasteiger partial charge is 0.229 e. The van der Waals surface area contributed by atoms with Gasteiger partial charge in [-0.1, -0.05) is 6.92 Å². The molecule has 4 N–H and O–H groups in total. The van der Waals surface area contributed by atoms with E-state index in [1.807, 2.05) is 13.0 Å². The molecule has 4 heterocycles. The van der Waals surface area contributed by atoms with Gasteiger partial charge in [0.25, 0.3) is 0 Å². The third kappa shape index (κ3) is 4.99. The molecule has 4 unspecified atom stereocenters. The zero-order chi connectivity index (χ0) is 27.1. The number of imidazole rings is 1. The van der Waals surface area contributed by atoms with E-state index in [2.05, 4.69) is 20.4 Å². The van der Waals surface area contributed by atoms with Crippen molar-refractivity contribution >= 4 is 17.2 Å². The van der Waals surface area contributed by atoms with Crippen LogP contribution in [0.1, 0.15) is 55.6 Å². The molecule has 204 valence electrons. The average molecular weight is 535 g/mol. The Kier molecular flexibility index (Phi) is 7.01. The second kappa shape index (κ2) is 10.6. The van der Waals surface area contributed by atoms with Gasteiger partial charge in [0.15, 0.2) is 0 Å². The van der Waals surface area contributed by atoms with Gasteiger partial charge in [0.1, 0.15) is 11.6 Å². The molecule has 4 aromatic rings. The number of nitrogens with two attached hydrogens (primary N) is 1. The van der Waals surface area contributed by atoms with Gasteiger partial charge >= 0.3 is 0 Å². The van der Waals surface area contributed by atoms with Gasteiger partial charge in [-0.2, -0.15) is 9.61 Å². The molecule has 8 nitrogen and oxygen atoms in total. The van der Waals surface area contributed by atoms with Gasteiger partial charge in [-0.25, -0.2) is 13.8 Å². The fourth-order valence-corrected chi connectivity index (χ4v) is 6.02. The molecule has 0 radical (unpaired) electrons. The van der Waals surface area contributed by atoms with Crippen LogP contribution in [-0.2, 0) is 4.74 Å². The summed E-state index contributed by atoms with van der Waals surface area (Å²) in [5.41, 5.74) is 9.31. The average Bonchev–Trinajstić information content (AvgIpc) is 3.34. The van der Waals surface area contributed by atoms with Crippen molar-refractivity contribution < 1.29 is 18.6 Å².